The summed E-state index contributed by atoms with van der Waals surface area (Å²) in [4.78, 5) is 12.0. The Labute approximate surface area is 106 Å². The summed E-state index contributed by atoms with van der Waals surface area (Å²) in [5.41, 5.74) is 2.27. The predicted octanol–water partition coefficient (Wildman–Crippen LogP) is 1.39. The molecule has 0 saturated heterocycles. The molecular formula is C13H16N4O. The van der Waals surface area contributed by atoms with Gasteiger partial charge in [-0.15, -0.1) is 0 Å². The minimum atomic E-state index is -0.195. The number of amides is 1. The molecule has 2 aromatic rings. The van der Waals surface area contributed by atoms with Gasteiger partial charge in [0.05, 0.1) is 0 Å². The maximum Gasteiger partial charge on any atom is 0.276 e. The summed E-state index contributed by atoms with van der Waals surface area (Å²) < 4.78 is 1.61. The summed E-state index contributed by atoms with van der Waals surface area (Å²) in [5.74, 6) is -0.195. The molecule has 1 aromatic heterocycles. The van der Waals surface area contributed by atoms with Crippen molar-refractivity contribution in [3.8, 4) is 0 Å². The van der Waals surface area contributed by atoms with Gasteiger partial charge in [-0.3, -0.25) is 9.48 Å². The van der Waals surface area contributed by atoms with Gasteiger partial charge in [-0.2, -0.15) is 5.10 Å². The molecule has 0 atom stereocenters. The van der Waals surface area contributed by atoms with Crippen molar-refractivity contribution in [1.82, 2.24) is 15.1 Å². The van der Waals surface area contributed by atoms with E-state index in [0.29, 0.717) is 12.2 Å². The maximum atomic E-state index is 12.0. The van der Waals surface area contributed by atoms with E-state index in [4.69, 9.17) is 0 Å². The van der Waals surface area contributed by atoms with Gasteiger partial charge in [-0.25, -0.2) is 0 Å². The van der Waals surface area contributed by atoms with Gasteiger partial charge in [-0.1, -0.05) is 18.2 Å². The van der Waals surface area contributed by atoms with Crippen LogP contribution < -0.4 is 10.6 Å². The lowest BCUT2D eigenvalue weighted by atomic mass is 10.1. The number of rotatable bonds is 4. The number of aryl methyl sites for hydroxylation is 1. The van der Waals surface area contributed by atoms with Crippen LogP contribution in [0.15, 0.2) is 36.5 Å². The zero-order valence-electron chi connectivity index (χ0n) is 10.5. The number of hydrogen-bond acceptors (Lipinski definition) is 3. The summed E-state index contributed by atoms with van der Waals surface area (Å²) in [6, 6.07) is 9.39. The third-order valence-electron chi connectivity index (χ3n) is 2.58. The zero-order chi connectivity index (χ0) is 13.0. The Hall–Kier alpha value is -2.14. The highest BCUT2D eigenvalue weighted by Gasteiger charge is 2.10. The summed E-state index contributed by atoms with van der Waals surface area (Å²) >= 11 is 0. The van der Waals surface area contributed by atoms with Crippen molar-refractivity contribution in [3.05, 3.63) is 47.8 Å². The molecule has 1 amide bonds. The normalized spacial score (nSPS) is 10.3. The Morgan fingerprint density at radius 1 is 1.33 bits per heavy atom. The van der Waals surface area contributed by atoms with Crippen molar-refractivity contribution in [2.24, 2.45) is 7.05 Å². The second-order valence-corrected chi connectivity index (χ2v) is 4.02. The fourth-order valence-corrected chi connectivity index (χ4v) is 1.71. The molecule has 1 aromatic carbocycles. The number of anilines is 1. The first-order valence-electron chi connectivity index (χ1n) is 5.74. The molecule has 94 valence electrons. The van der Waals surface area contributed by atoms with Crippen LogP contribution in [-0.4, -0.2) is 22.7 Å². The monoisotopic (exact) mass is 244 g/mol. The average Bonchev–Trinajstić information content (AvgIpc) is 2.79. The SMILES string of the molecule is CNCc1ccccc1NC(=O)c1ccn(C)n1. The molecule has 5 heteroatoms. The molecule has 0 spiro atoms. The number of hydrogen-bond donors (Lipinski definition) is 2. The van der Waals surface area contributed by atoms with Crippen molar-refractivity contribution in [2.75, 3.05) is 12.4 Å². The molecule has 1 heterocycles. The van der Waals surface area contributed by atoms with Crippen LogP contribution in [0.4, 0.5) is 5.69 Å². The van der Waals surface area contributed by atoms with Gasteiger partial charge in [0.2, 0.25) is 0 Å². The Kier molecular flexibility index (Phi) is 3.74. The number of para-hydroxylation sites is 1. The molecule has 2 rings (SSSR count). The van der Waals surface area contributed by atoms with E-state index in [9.17, 15) is 4.79 Å². The predicted molar refractivity (Wildman–Crippen MR) is 70.4 cm³/mol. The first kappa shape index (κ1) is 12.3. The molecule has 0 saturated carbocycles. The topological polar surface area (TPSA) is 58.9 Å². The number of carbonyl (C=O) groups is 1. The smallest absolute Gasteiger partial charge is 0.276 e. The van der Waals surface area contributed by atoms with Crippen molar-refractivity contribution < 1.29 is 4.79 Å². The minimum Gasteiger partial charge on any atom is -0.320 e. The fraction of sp³-hybridized carbons (Fsp3) is 0.231. The van der Waals surface area contributed by atoms with E-state index in [2.05, 4.69) is 15.7 Å². The van der Waals surface area contributed by atoms with Crippen molar-refractivity contribution in [2.45, 2.75) is 6.54 Å². The van der Waals surface area contributed by atoms with Gasteiger partial charge in [0.1, 0.15) is 0 Å². The standard InChI is InChI=1S/C13H16N4O/c1-14-9-10-5-3-4-6-11(10)15-13(18)12-7-8-17(2)16-12/h3-8,14H,9H2,1-2H3,(H,15,18). The van der Waals surface area contributed by atoms with Crippen molar-refractivity contribution >= 4 is 11.6 Å². The van der Waals surface area contributed by atoms with E-state index in [0.717, 1.165) is 11.3 Å². The highest BCUT2D eigenvalue weighted by molar-refractivity contribution is 6.03. The summed E-state index contributed by atoms with van der Waals surface area (Å²) in [6.45, 7) is 0.707. The fourth-order valence-electron chi connectivity index (χ4n) is 1.71. The van der Waals surface area contributed by atoms with E-state index < -0.39 is 0 Å². The minimum absolute atomic E-state index is 0.195. The van der Waals surface area contributed by atoms with Crippen molar-refractivity contribution in [1.29, 1.82) is 0 Å². The molecule has 0 aliphatic carbocycles. The van der Waals surface area contributed by atoms with Gasteiger partial charge in [0.15, 0.2) is 5.69 Å². The molecule has 18 heavy (non-hydrogen) atoms. The number of aromatic nitrogens is 2. The van der Waals surface area contributed by atoms with Gasteiger partial charge in [0, 0.05) is 25.5 Å². The Balaban J connectivity index is 2.16. The lowest BCUT2D eigenvalue weighted by Crippen LogP contribution is -2.16. The number of nitrogens with zero attached hydrogens (tertiary/aromatic N) is 2. The van der Waals surface area contributed by atoms with Crippen molar-refractivity contribution in [3.63, 3.8) is 0 Å². The Morgan fingerprint density at radius 3 is 2.78 bits per heavy atom. The van der Waals surface area contributed by atoms with E-state index in [-0.39, 0.29) is 5.91 Å². The second-order valence-electron chi connectivity index (χ2n) is 4.02. The first-order chi connectivity index (χ1) is 8.70. The highest BCUT2D eigenvalue weighted by atomic mass is 16.1. The zero-order valence-corrected chi connectivity index (χ0v) is 10.5. The number of benzene rings is 1. The largest absolute Gasteiger partial charge is 0.320 e. The third-order valence-corrected chi connectivity index (χ3v) is 2.58. The lowest BCUT2D eigenvalue weighted by molar-refractivity contribution is 0.102. The second kappa shape index (κ2) is 5.46. The third kappa shape index (κ3) is 2.75. The summed E-state index contributed by atoms with van der Waals surface area (Å²) in [5, 5.41) is 10.0. The molecule has 0 fully saturated rings. The van der Waals surface area contributed by atoms with Crippen LogP contribution in [0.5, 0.6) is 0 Å². The van der Waals surface area contributed by atoms with Gasteiger partial charge < -0.3 is 10.6 Å². The molecule has 5 nitrogen and oxygen atoms in total. The summed E-state index contributed by atoms with van der Waals surface area (Å²) in [6.07, 6.45) is 1.74. The van der Waals surface area contributed by atoms with Crippen LogP contribution in [0.1, 0.15) is 16.1 Å². The summed E-state index contributed by atoms with van der Waals surface area (Å²) in [7, 11) is 3.66. The Bertz CT molecular complexity index is 547. The van der Waals surface area contributed by atoms with Crippen LogP contribution in [0.25, 0.3) is 0 Å². The highest BCUT2D eigenvalue weighted by Crippen LogP contribution is 2.15. The van der Waals surface area contributed by atoms with Crippen LogP contribution in [-0.2, 0) is 13.6 Å². The van der Waals surface area contributed by atoms with Gasteiger partial charge in [-0.05, 0) is 24.7 Å². The number of nitrogens with one attached hydrogen (secondary N) is 2. The van der Waals surface area contributed by atoms with Crippen LogP contribution in [0.3, 0.4) is 0 Å². The average molecular weight is 244 g/mol. The first-order valence-corrected chi connectivity index (χ1v) is 5.74. The van der Waals surface area contributed by atoms with E-state index >= 15 is 0 Å². The number of carbonyl (C=O) groups excluding carboxylic acids is 1. The molecule has 0 aliphatic heterocycles. The van der Waals surface area contributed by atoms with Crippen LogP contribution in [0.2, 0.25) is 0 Å². The lowest BCUT2D eigenvalue weighted by Gasteiger charge is -2.09. The van der Waals surface area contributed by atoms with Crippen LogP contribution in [0, 0.1) is 0 Å². The van der Waals surface area contributed by atoms with Gasteiger partial charge in [0.25, 0.3) is 5.91 Å². The molecular weight excluding hydrogens is 228 g/mol. The van der Waals surface area contributed by atoms with E-state index in [1.807, 2.05) is 31.3 Å². The van der Waals surface area contributed by atoms with E-state index in [1.54, 1.807) is 24.0 Å². The van der Waals surface area contributed by atoms with E-state index in [1.165, 1.54) is 0 Å². The molecule has 0 radical (unpaired) electrons. The molecule has 0 aliphatic rings. The molecule has 0 bridgehead atoms. The van der Waals surface area contributed by atoms with Crippen LogP contribution >= 0.6 is 0 Å². The molecule has 2 N–H and O–H groups in total. The van der Waals surface area contributed by atoms with Gasteiger partial charge >= 0.3 is 0 Å². The molecule has 0 unspecified atom stereocenters. The Morgan fingerprint density at radius 2 is 2.11 bits per heavy atom. The quantitative estimate of drug-likeness (QED) is 0.854. The maximum absolute atomic E-state index is 12.0.